The van der Waals surface area contributed by atoms with E-state index in [2.05, 4.69) is 4.74 Å². The second kappa shape index (κ2) is 7.28. The number of rotatable bonds is 5. The number of carboxylic acids is 1. The van der Waals surface area contributed by atoms with Crippen molar-refractivity contribution < 1.29 is 24.2 Å². The van der Waals surface area contributed by atoms with Gasteiger partial charge in [-0.15, -0.1) is 0 Å². The highest BCUT2D eigenvalue weighted by atomic mass is 16.5. The Labute approximate surface area is 124 Å². The molecule has 0 saturated carbocycles. The Morgan fingerprint density at radius 3 is 1.90 bits per heavy atom. The summed E-state index contributed by atoms with van der Waals surface area (Å²) in [4.78, 5) is 38.3. The second-order valence-electron chi connectivity index (χ2n) is 5.31. The molecule has 7 nitrogen and oxygen atoms in total. The van der Waals surface area contributed by atoms with Crippen LogP contribution in [0.2, 0.25) is 0 Å². The summed E-state index contributed by atoms with van der Waals surface area (Å²) in [5.74, 6) is -1.08. The van der Waals surface area contributed by atoms with Crippen LogP contribution in [0.25, 0.3) is 0 Å². The van der Waals surface area contributed by atoms with E-state index >= 15 is 0 Å². The van der Waals surface area contributed by atoms with Crippen LogP contribution in [0, 0.1) is 5.41 Å². The van der Waals surface area contributed by atoms with Gasteiger partial charge in [0.05, 0.1) is 12.5 Å². The summed E-state index contributed by atoms with van der Waals surface area (Å²) < 4.78 is 4.64. The Bertz CT molecular complexity index is 398. The van der Waals surface area contributed by atoms with Gasteiger partial charge in [-0.3, -0.25) is 9.59 Å². The van der Waals surface area contributed by atoms with Gasteiger partial charge in [-0.1, -0.05) is 13.8 Å². The first kappa shape index (κ1) is 17.3. The van der Waals surface area contributed by atoms with Crippen molar-refractivity contribution in [1.29, 1.82) is 0 Å². The summed E-state index contributed by atoms with van der Waals surface area (Å²) >= 11 is 0. The van der Waals surface area contributed by atoms with Crippen LogP contribution in [0.15, 0.2) is 0 Å². The Kier molecular flexibility index (Phi) is 5.99. The largest absolute Gasteiger partial charge is 0.481 e. The van der Waals surface area contributed by atoms with Gasteiger partial charge in [0.2, 0.25) is 5.91 Å². The Morgan fingerprint density at radius 2 is 1.52 bits per heavy atom. The highest BCUT2D eigenvalue weighted by Crippen LogP contribution is 2.31. The molecule has 1 rings (SSSR count). The quantitative estimate of drug-likeness (QED) is 0.823. The predicted octanol–water partition coefficient (Wildman–Crippen LogP) is 1.18. The number of ether oxygens (including phenoxy) is 1. The summed E-state index contributed by atoms with van der Waals surface area (Å²) in [7, 11) is 1.32. The molecule has 0 aromatic heterocycles. The average molecular weight is 300 g/mol. The molecule has 1 fully saturated rings. The molecule has 7 heteroatoms. The second-order valence-corrected chi connectivity index (χ2v) is 5.31. The number of hydrogen-bond donors (Lipinski definition) is 1. The molecule has 1 heterocycles. The molecule has 0 aromatic carbocycles. The zero-order valence-electron chi connectivity index (χ0n) is 12.9. The van der Waals surface area contributed by atoms with Gasteiger partial charge in [-0.05, 0) is 12.8 Å². The van der Waals surface area contributed by atoms with Crippen LogP contribution in [-0.4, -0.2) is 66.2 Å². The SMILES string of the molecule is CCC(CC)(CC(=O)N1CCN(C(=O)OC)CC1)C(=O)O. The van der Waals surface area contributed by atoms with E-state index in [4.69, 9.17) is 0 Å². The van der Waals surface area contributed by atoms with Crippen molar-refractivity contribution in [1.82, 2.24) is 9.80 Å². The number of carbonyl (C=O) groups is 3. The first-order chi connectivity index (χ1) is 9.90. The van der Waals surface area contributed by atoms with Crippen LogP contribution in [0.5, 0.6) is 0 Å². The molecule has 0 unspecified atom stereocenters. The van der Waals surface area contributed by atoms with Crippen LogP contribution >= 0.6 is 0 Å². The minimum absolute atomic E-state index is 0.00750. The summed E-state index contributed by atoms with van der Waals surface area (Å²) in [6.45, 7) is 5.24. The number of carboxylic acid groups (broad SMARTS) is 1. The summed E-state index contributed by atoms with van der Waals surface area (Å²) in [5.41, 5.74) is -0.990. The van der Waals surface area contributed by atoms with Crippen LogP contribution < -0.4 is 0 Å². The van der Waals surface area contributed by atoms with E-state index in [9.17, 15) is 19.5 Å². The van der Waals surface area contributed by atoms with Gasteiger partial charge in [0, 0.05) is 32.6 Å². The Balaban J connectivity index is 2.62. The molecule has 0 aromatic rings. The lowest BCUT2D eigenvalue weighted by Gasteiger charge is -2.36. The van der Waals surface area contributed by atoms with E-state index in [1.807, 2.05) is 0 Å². The van der Waals surface area contributed by atoms with Crippen LogP contribution in [0.3, 0.4) is 0 Å². The van der Waals surface area contributed by atoms with Crippen LogP contribution in [0.1, 0.15) is 33.1 Å². The molecule has 120 valence electrons. The number of nitrogens with zero attached hydrogens (tertiary/aromatic N) is 2. The average Bonchev–Trinajstić information content (AvgIpc) is 2.51. The fourth-order valence-corrected chi connectivity index (χ4v) is 2.55. The van der Waals surface area contributed by atoms with Crippen molar-refractivity contribution in [3.63, 3.8) is 0 Å². The minimum Gasteiger partial charge on any atom is -0.481 e. The van der Waals surface area contributed by atoms with Crippen molar-refractivity contribution in [2.75, 3.05) is 33.3 Å². The third kappa shape index (κ3) is 3.86. The van der Waals surface area contributed by atoms with Crippen LogP contribution in [0.4, 0.5) is 4.79 Å². The molecule has 21 heavy (non-hydrogen) atoms. The monoisotopic (exact) mass is 300 g/mol. The molecular weight excluding hydrogens is 276 g/mol. The van der Waals surface area contributed by atoms with Gasteiger partial charge in [-0.25, -0.2) is 4.79 Å². The Morgan fingerprint density at radius 1 is 1.05 bits per heavy atom. The van der Waals surface area contributed by atoms with E-state index in [-0.39, 0.29) is 12.3 Å². The standard InChI is InChI=1S/C14H24N2O5/c1-4-14(5-2,12(18)19)10-11(17)15-6-8-16(9-7-15)13(20)21-3/h4-10H2,1-3H3,(H,18,19). The van der Waals surface area contributed by atoms with Crippen molar-refractivity contribution in [3.8, 4) is 0 Å². The number of carbonyl (C=O) groups excluding carboxylic acids is 2. The smallest absolute Gasteiger partial charge is 0.409 e. The van der Waals surface area contributed by atoms with Crippen molar-refractivity contribution in [3.05, 3.63) is 0 Å². The minimum atomic E-state index is -0.990. The molecular formula is C14H24N2O5. The molecule has 2 amide bonds. The van der Waals surface area contributed by atoms with E-state index in [0.717, 1.165) is 0 Å². The molecule has 0 aliphatic carbocycles. The third-order valence-electron chi connectivity index (χ3n) is 4.36. The maximum absolute atomic E-state index is 12.3. The highest BCUT2D eigenvalue weighted by molar-refractivity contribution is 5.85. The lowest BCUT2D eigenvalue weighted by molar-refractivity contribution is -0.154. The first-order valence-corrected chi connectivity index (χ1v) is 7.24. The fraction of sp³-hybridized carbons (Fsp3) is 0.786. The van der Waals surface area contributed by atoms with Gasteiger partial charge in [0.15, 0.2) is 0 Å². The summed E-state index contributed by atoms with van der Waals surface area (Å²) in [6.07, 6.45) is 0.455. The van der Waals surface area contributed by atoms with E-state index < -0.39 is 17.5 Å². The van der Waals surface area contributed by atoms with Gasteiger partial charge in [0.25, 0.3) is 0 Å². The first-order valence-electron chi connectivity index (χ1n) is 7.24. The van der Waals surface area contributed by atoms with Gasteiger partial charge in [-0.2, -0.15) is 0 Å². The van der Waals surface area contributed by atoms with Gasteiger partial charge in [0.1, 0.15) is 0 Å². The highest BCUT2D eigenvalue weighted by Gasteiger charge is 2.39. The molecule has 1 aliphatic heterocycles. The maximum Gasteiger partial charge on any atom is 0.409 e. The lowest BCUT2D eigenvalue weighted by Crippen LogP contribution is -2.51. The molecule has 0 atom stereocenters. The van der Waals surface area contributed by atoms with Crippen molar-refractivity contribution >= 4 is 18.0 Å². The lowest BCUT2D eigenvalue weighted by atomic mass is 9.79. The molecule has 1 saturated heterocycles. The van der Waals surface area contributed by atoms with Crippen molar-refractivity contribution in [2.45, 2.75) is 33.1 Å². The molecule has 0 spiro atoms. The zero-order valence-corrected chi connectivity index (χ0v) is 12.9. The maximum atomic E-state index is 12.3. The number of hydrogen-bond acceptors (Lipinski definition) is 4. The summed E-state index contributed by atoms with van der Waals surface area (Å²) in [6, 6.07) is 0. The number of piperazine rings is 1. The normalized spacial score (nSPS) is 15.8. The van der Waals surface area contributed by atoms with Crippen molar-refractivity contribution in [2.24, 2.45) is 5.41 Å². The van der Waals surface area contributed by atoms with Gasteiger partial charge >= 0.3 is 12.1 Å². The van der Waals surface area contributed by atoms with E-state index in [1.165, 1.54) is 12.0 Å². The predicted molar refractivity (Wildman–Crippen MR) is 75.8 cm³/mol. The fourth-order valence-electron chi connectivity index (χ4n) is 2.55. The molecule has 1 aliphatic rings. The Hall–Kier alpha value is -1.79. The van der Waals surface area contributed by atoms with Crippen LogP contribution in [-0.2, 0) is 14.3 Å². The number of methoxy groups -OCH3 is 1. The van der Waals surface area contributed by atoms with E-state index in [1.54, 1.807) is 18.7 Å². The number of amides is 2. The molecule has 1 N–H and O–H groups in total. The number of aliphatic carboxylic acids is 1. The summed E-state index contributed by atoms with van der Waals surface area (Å²) in [5, 5.41) is 9.38. The topological polar surface area (TPSA) is 87.2 Å². The van der Waals surface area contributed by atoms with Gasteiger partial charge < -0.3 is 19.6 Å². The zero-order chi connectivity index (χ0) is 16.0. The molecule has 0 bridgehead atoms. The molecule has 0 radical (unpaired) electrons. The van der Waals surface area contributed by atoms with E-state index in [0.29, 0.717) is 39.0 Å². The third-order valence-corrected chi connectivity index (χ3v) is 4.36.